The summed E-state index contributed by atoms with van der Waals surface area (Å²) in [4.78, 5) is 22.1. The average Bonchev–Trinajstić information content (AvgIpc) is 2.88. The molecule has 0 spiro atoms. The van der Waals surface area contributed by atoms with Crippen molar-refractivity contribution in [3.8, 4) is 39.8 Å². The molecule has 1 amide bonds. The summed E-state index contributed by atoms with van der Waals surface area (Å²) in [6.45, 7) is 0. The number of para-hydroxylation sites is 1. The van der Waals surface area contributed by atoms with Crippen LogP contribution in [0.4, 0.5) is 5.95 Å². The molecule has 3 aromatic carbocycles. The van der Waals surface area contributed by atoms with Crippen LogP contribution < -0.4 is 19.5 Å². The molecule has 0 saturated heterocycles. The van der Waals surface area contributed by atoms with E-state index in [1.165, 1.54) is 7.11 Å². The van der Waals surface area contributed by atoms with E-state index in [0.29, 0.717) is 22.7 Å². The lowest BCUT2D eigenvalue weighted by Crippen LogP contribution is -2.15. The number of anilines is 1. The van der Waals surface area contributed by atoms with Crippen LogP contribution >= 0.6 is 0 Å². The third-order valence-corrected chi connectivity index (χ3v) is 5.07. The molecular weight excluding hydrogens is 418 g/mol. The van der Waals surface area contributed by atoms with Crippen LogP contribution in [0, 0.1) is 0 Å². The lowest BCUT2D eigenvalue weighted by Gasteiger charge is -2.12. The highest BCUT2D eigenvalue weighted by Crippen LogP contribution is 2.28. The van der Waals surface area contributed by atoms with Crippen molar-refractivity contribution in [1.29, 1.82) is 0 Å². The summed E-state index contributed by atoms with van der Waals surface area (Å²) in [6, 6.07) is 23.9. The number of ether oxygens (including phenoxy) is 3. The van der Waals surface area contributed by atoms with Gasteiger partial charge in [-0.05, 0) is 66.7 Å². The number of hydrogen-bond acceptors (Lipinski definition) is 6. The highest BCUT2D eigenvalue weighted by atomic mass is 16.5. The Morgan fingerprint density at radius 3 is 1.70 bits per heavy atom. The van der Waals surface area contributed by atoms with Crippen molar-refractivity contribution < 1.29 is 19.0 Å². The van der Waals surface area contributed by atoms with E-state index in [4.69, 9.17) is 14.2 Å². The van der Waals surface area contributed by atoms with Crippen molar-refractivity contribution in [2.75, 3.05) is 26.6 Å². The minimum atomic E-state index is -0.361. The van der Waals surface area contributed by atoms with E-state index in [1.807, 2.05) is 54.6 Å². The average molecular weight is 441 g/mol. The first kappa shape index (κ1) is 21.8. The summed E-state index contributed by atoms with van der Waals surface area (Å²) in [5.41, 5.74) is 3.44. The van der Waals surface area contributed by atoms with Gasteiger partial charge in [0, 0.05) is 11.1 Å². The normalized spacial score (nSPS) is 10.4. The van der Waals surface area contributed by atoms with Crippen LogP contribution in [0.5, 0.6) is 17.2 Å². The Balaban J connectivity index is 1.75. The van der Waals surface area contributed by atoms with Crippen molar-refractivity contribution >= 4 is 11.9 Å². The van der Waals surface area contributed by atoms with Gasteiger partial charge in [-0.25, -0.2) is 9.97 Å². The fourth-order valence-corrected chi connectivity index (χ4v) is 3.32. The molecule has 0 fully saturated rings. The standard InChI is InChI=1S/C26H23N3O4/c1-31-19-12-8-17(9-13-19)22-16-23(18-10-14-20(32-2)15-11-18)28-26(27-22)29-25(30)21-6-4-5-7-24(21)33-3/h4-16H,1-3H3,(H,27,28,29,30). The Kier molecular flexibility index (Phi) is 6.50. The molecule has 33 heavy (non-hydrogen) atoms. The Morgan fingerprint density at radius 1 is 0.697 bits per heavy atom. The summed E-state index contributed by atoms with van der Waals surface area (Å²) in [5.74, 6) is 1.78. The number of amides is 1. The van der Waals surface area contributed by atoms with Gasteiger partial charge in [0.1, 0.15) is 17.2 Å². The van der Waals surface area contributed by atoms with E-state index < -0.39 is 0 Å². The maximum Gasteiger partial charge on any atom is 0.261 e. The van der Waals surface area contributed by atoms with Crippen LogP contribution in [0.2, 0.25) is 0 Å². The highest BCUT2D eigenvalue weighted by Gasteiger charge is 2.15. The second-order valence-corrected chi connectivity index (χ2v) is 7.07. The molecule has 166 valence electrons. The maximum atomic E-state index is 13.0. The zero-order chi connectivity index (χ0) is 23.2. The van der Waals surface area contributed by atoms with Gasteiger partial charge in [0.15, 0.2) is 0 Å². The Morgan fingerprint density at radius 2 is 1.21 bits per heavy atom. The van der Waals surface area contributed by atoms with Gasteiger partial charge < -0.3 is 14.2 Å². The lowest BCUT2D eigenvalue weighted by atomic mass is 10.1. The number of hydrogen-bond donors (Lipinski definition) is 1. The fraction of sp³-hybridized carbons (Fsp3) is 0.115. The van der Waals surface area contributed by atoms with E-state index in [0.717, 1.165) is 22.6 Å². The Labute approximate surface area is 192 Å². The molecular formula is C26H23N3O4. The van der Waals surface area contributed by atoms with Crippen LogP contribution in [0.1, 0.15) is 10.4 Å². The smallest absolute Gasteiger partial charge is 0.261 e. The number of carbonyl (C=O) groups is 1. The predicted molar refractivity (Wildman–Crippen MR) is 127 cm³/mol. The molecule has 0 atom stereocenters. The lowest BCUT2D eigenvalue weighted by molar-refractivity contribution is 0.102. The van der Waals surface area contributed by atoms with Crippen molar-refractivity contribution in [1.82, 2.24) is 9.97 Å². The first-order chi connectivity index (χ1) is 16.1. The maximum absolute atomic E-state index is 13.0. The van der Waals surface area contributed by atoms with Crippen molar-refractivity contribution in [3.63, 3.8) is 0 Å². The quantitative estimate of drug-likeness (QED) is 0.430. The number of nitrogens with one attached hydrogen (secondary N) is 1. The van der Waals surface area contributed by atoms with Gasteiger partial charge in [0.05, 0.1) is 38.3 Å². The highest BCUT2D eigenvalue weighted by molar-refractivity contribution is 6.05. The largest absolute Gasteiger partial charge is 0.497 e. The van der Waals surface area contributed by atoms with Gasteiger partial charge in [0.2, 0.25) is 5.95 Å². The van der Waals surface area contributed by atoms with Crippen LogP contribution in [0.25, 0.3) is 22.5 Å². The van der Waals surface area contributed by atoms with Gasteiger partial charge >= 0.3 is 0 Å². The molecule has 0 unspecified atom stereocenters. The van der Waals surface area contributed by atoms with Gasteiger partial charge in [-0.3, -0.25) is 10.1 Å². The number of aromatic nitrogens is 2. The molecule has 1 N–H and O–H groups in total. The number of nitrogens with zero attached hydrogens (tertiary/aromatic N) is 2. The van der Waals surface area contributed by atoms with E-state index in [-0.39, 0.29) is 11.9 Å². The predicted octanol–water partition coefficient (Wildman–Crippen LogP) is 5.09. The molecule has 7 heteroatoms. The van der Waals surface area contributed by atoms with E-state index in [2.05, 4.69) is 15.3 Å². The number of carbonyl (C=O) groups excluding carboxylic acids is 1. The Hall–Kier alpha value is -4.39. The Bertz CT molecular complexity index is 1190. The van der Waals surface area contributed by atoms with Gasteiger partial charge in [-0.15, -0.1) is 0 Å². The van der Waals surface area contributed by atoms with Crippen LogP contribution in [-0.4, -0.2) is 37.2 Å². The number of benzene rings is 3. The molecule has 0 radical (unpaired) electrons. The zero-order valence-corrected chi connectivity index (χ0v) is 18.5. The zero-order valence-electron chi connectivity index (χ0n) is 18.5. The molecule has 1 heterocycles. The molecule has 4 aromatic rings. The van der Waals surface area contributed by atoms with Crippen molar-refractivity contribution in [3.05, 3.63) is 84.4 Å². The summed E-state index contributed by atoms with van der Waals surface area (Å²) >= 11 is 0. The molecule has 7 nitrogen and oxygen atoms in total. The van der Waals surface area contributed by atoms with E-state index in [9.17, 15) is 4.79 Å². The first-order valence-corrected chi connectivity index (χ1v) is 10.2. The minimum absolute atomic E-state index is 0.185. The van der Waals surface area contributed by atoms with Gasteiger partial charge in [0.25, 0.3) is 5.91 Å². The SMILES string of the molecule is COc1ccc(-c2cc(-c3ccc(OC)cc3)nc(NC(=O)c3ccccc3OC)n2)cc1. The molecule has 0 aliphatic carbocycles. The molecule has 0 bridgehead atoms. The second-order valence-electron chi connectivity index (χ2n) is 7.07. The fourth-order valence-electron chi connectivity index (χ4n) is 3.32. The summed E-state index contributed by atoms with van der Waals surface area (Å²) in [6.07, 6.45) is 0. The summed E-state index contributed by atoms with van der Waals surface area (Å²) < 4.78 is 15.8. The van der Waals surface area contributed by atoms with Gasteiger partial charge in [-0.1, -0.05) is 12.1 Å². The molecule has 4 rings (SSSR count). The molecule has 0 aliphatic heterocycles. The van der Waals surface area contributed by atoms with Crippen LogP contribution in [-0.2, 0) is 0 Å². The van der Waals surface area contributed by atoms with E-state index in [1.54, 1.807) is 38.5 Å². The number of rotatable bonds is 7. The van der Waals surface area contributed by atoms with Crippen LogP contribution in [0.3, 0.4) is 0 Å². The summed E-state index contributed by atoms with van der Waals surface area (Å²) in [5, 5.41) is 2.81. The molecule has 0 saturated carbocycles. The molecule has 1 aromatic heterocycles. The first-order valence-electron chi connectivity index (χ1n) is 10.2. The van der Waals surface area contributed by atoms with E-state index >= 15 is 0 Å². The second kappa shape index (κ2) is 9.82. The third-order valence-electron chi connectivity index (χ3n) is 5.07. The number of methoxy groups -OCH3 is 3. The molecule has 0 aliphatic rings. The minimum Gasteiger partial charge on any atom is -0.497 e. The van der Waals surface area contributed by atoms with Gasteiger partial charge in [-0.2, -0.15) is 0 Å². The monoisotopic (exact) mass is 441 g/mol. The van der Waals surface area contributed by atoms with Crippen molar-refractivity contribution in [2.24, 2.45) is 0 Å². The van der Waals surface area contributed by atoms with Crippen LogP contribution in [0.15, 0.2) is 78.9 Å². The third kappa shape index (κ3) is 4.93. The van der Waals surface area contributed by atoms with Crippen molar-refractivity contribution in [2.45, 2.75) is 0 Å². The topological polar surface area (TPSA) is 82.6 Å². The summed E-state index contributed by atoms with van der Waals surface area (Å²) in [7, 11) is 4.76.